The zero-order chi connectivity index (χ0) is 21.0. The summed E-state index contributed by atoms with van der Waals surface area (Å²) in [6.45, 7) is 1.87. The average Bonchev–Trinajstić information content (AvgIpc) is 2.69. The molecule has 0 radical (unpaired) electrons. The lowest BCUT2D eigenvalue weighted by Gasteiger charge is -2.18. The minimum Gasteiger partial charge on any atom is -0.368 e. The van der Waals surface area contributed by atoms with Gasteiger partial charge in [0.2, 0.25) is 5.91 Å². The van der Waals surface area contributed by atoms with Gasteiger partial charge in [0, 0.05) is 5.39 Å². The van der Waals surface area contributed by atoms with E-state index in [9.17, 15) is 14.0 Å². The molecule has 150 valence electrons. The molecule has 2 amide bonds. The quantitative estimate of drug-likeness (QED) is 0.462. The lowest BCUT2D eigenvalue weighted by molar-refractivity contribution is -0.118. The summed E-state index contributed by atoms with van der Waals surface area (Å²) >= 11 is 0. The van der Waals surface area contributed by atoms with E-state index in [0.717, 1.165) is 17.0 Å². The number of anilines is 3. The van der Waals surface area contributed by atoms with Crippen LogP contribution in [0.15, 0.2) is 42.6 Å². The Morgan fingerprint density at radius 2 is 1.93 bits per heavy atom. The predicted molar refractivity (Wildman–Crippen MR) is 109 cm³/mol. The zero-order valence-corrected chi connectivity index (χ0v) is 15.8. The first kappa shape index (κ1) is 20.0. The fourth-order valence-corrected chi connectivity index (χ4v) is 2.89. The van der Waals surface area contributed by atoms with E-state index in [2.05, 4.69) is 20.6 Å². The van der Waals surface area contributed by atoms with E-state index in [0.29, 0.717) is 18.5 Å². The van der Waals surface area contributed by atoms with Crippen LogP contribution in [0.1, 0.15) is 30.1 Å². The van der Waals surface area contributed by atoms with Crippen LogP contribution < -0.4 is 22.1 Å². The SMILES string of the molecule is CCC[C@@H](Nc1nc(Nc2cnc3ccccc3c2)c(C(N)=O)cc1F)C(N)=O. The van der Waals surface area contributed by atoms with Crippen molar-refractivity contribution in [3.63, 3.8) is 0 Å². The summed E-state index contributed by atoms with van der Waals surface area (Å²) in [7, 11) is 0. The third kappa shape index (κ3) is 4.57. The molecule has 0 spiro atoms. The van der Waals surface area contributed by atoms with E-state index in [1.165, 1.54) is 0 Å². The number of benzene rings is 1. The van der Waals surface area contributed by atoms with Crippen LogP contribution in [0.2, 0.25) is 0 Å². The average molecular weight is 396 g/mol. The minimum atomic E-state index is -0.848. The highest BCUT2D eigenvalue weighted by Gasteiger charge is 2.20. The Bertz CT molecular complexity index is 1070. The molecule has 29 heavy (non-hydrogen) atoms. The van der Waals surface area contributed by atoms with Gasteiger partial charge in [-0.15, -0.1) is 0 Å². The number of nitrogens with two attached hydrogens (primary N) is 2. The molecule has 6 N–H and O–H groups in total. The van der Waals surface area contributed by atoms with Crippen LogP contribution in [0.4, 0.5) is 21.7 Å². The van der Waals surface area contributed by atoms with Crippen molar-refractivity contribution < 1.29 is 14.0 Å². The van der Waals surface area contributed by atoms with Crippen LogP contribution >= 0.6 is 0 Å². The molecule has 2 aromatic heterocycles. The lowest BCUT2D eigenvalue weighted by Crippen LogP contribution is -2.36. The minimum absolute atomic E-state index is 0.0400. The largest absolute Gasteiger partial charge is 0.368 e. The molecular weight excluding hydrogens is 375 g/mol. The van der Waals surface area contributed by atoms with Gasteiger partial charge in [-0.25, -0.2) is 9.37 Å². The fraction of sp³-hybridized carbons (Fsp3) is 0.200. The lowest BCUT2D eigenvalue weighted by atomic mass is 10.1. The normalized spacial score (nSPS) is 11.8. The predicted octanol–water partition coefficient (Wildman–Crippen LogP) is 2.68. The number of aromatic nitrogens is 2. The van der Waals surface area contributed by atoms with Crippen molar-refractivity contribution in [1.82, 2.24) is 9.97 Å². The molecule has 0 aliphatic heterocycles. The summed E-state index contributed by atoms with van der Waals surface area (Å²) in [4.78, 5) is 31.8. The van der Waals surface area contributed by atoms with Gasteiger partial charge in [-0.05, 0) is 24.6 Å². The number of pyridine rings is 2. The number of halogens is 1. The Morgan fingerprint density at radius 3 is 2.62 bits per heavy atom. The van der Waals surface area contributed by atoms with E-state index < -0.39 is 23.7 Å². The monoisotopic (exact) mass is 396 g/mol. The van der Waals surface area contributed by atoms with Gasteiger partial charge in [0.15, 0.2) is 11.6 Å². The smallest absolute Gasteiger partial charge is 0.252 e. The van der Waals surface area contributed by atoms with Gasteiger partial charge in [0.25, 0.3) is 5.91 Å². The molecule has 1 aromatic carbocycles. The van der Waals surface area contributed by atoms with E-state index in [1.807, 2.05) is 37.3 Å². The first-order valence-electron chi connectivity index (χ1n) is 9.07. The van der Waals surface area contributed by atoms with E-state index >= 15 is 0 Å². The Labute approximate surface area is 166 Å². The second kappa shape index (κ2) is 8.51. The topological polar surface area (TPSA) is 136 Å². The summed E-state index contributed by atoms with van der Waals surface area (Å²) in [5.74, 6) is -2.45. The molecule has 0 aliphatic rings. The summed E-state index contributed by atoms with van der Waals surface area (Å²) in [5, 5.41) is 6.52. The first-order valence-corrected chi connectivity index (χ1v) is 9.07. The van der Waals surface area contributed by atoms with Crippen LogP contribution in [0.5, 0.6) is 0 Å². The maximum atomic E-state index is 14.5. The number of hydrogen-bond acceptors (Lipinski definition) is 6. The Morgan fingerprint density at radius 1 is 1.17 bits per heavy atom. The number of primary amides is 2. The van der Waals surface area contributed by atoms with Crippen molar-refractivity contribution in [1.29, 1.82) is 0 Å². The highest BCUT2D eigenvalue weighted by Crippen LogP contribution is 2.25. The molecule has 3 aromatic rings. The number of nitrogens with zero attached hydrogens (tertiary/aromatic N) is 2. The maximum Gasteiger partial charge on any atom is 0.252 e. The maximum absolute atomic E-state index is 14.5. The Hall–Kier alpha value is -3.75. The number of rotatable bonds is 8. The standard InChI is InChI=1S/C20H21FN6O2/c1-2-5-16(18(23)29)26-20-14(21)9-13(17(22)28)19(27-20)25-12-8-11-6-3-4-7-15(11)24-10-12/h3-4,6-10,16H,2,5H2,1H3,(H2,22,28)(H2,23,29)(H2,25,26,27)/t16-/m1/s1. The van der Waals surface area contributed by atoms with Crippen molar-refractivity contribution in [3.8, 4) is 0 Å². The summed E-state index contributed by atoms with van der Waals surface area (Å²) in [6.07, 6.45) is 2.63. The number of para-hydroxylation sites is 1. The van der Waals surface area contributed by atoms with Crippen molar-refractivity contribution in [3.05, 3.63) is 54.0 Å². The van der Waals surface area contributed by atoms with E-state index in [4.69, 9.17) is 11.5 Å². The van der Waals surface area contributed by atoms with Crippen molar-refractivity contribution >= 4 is 40.0 Å². The second-order valence-corrected chi connectivity index (χ2v) is 6.51. The van der Waals surface area contributed by atoms with Crippen LogP contribution in [0.3, 0.4) is 0 Å². The van der Waals surface area contributed by atoms with Gasteiger partial charge in [-0.2, -0.15) is 0 Å². The fourth-order valence-electron chi connectivity index (χ4n) is 2.89. The molecule has 0 aliphatic carbocycles. The summed E-state index contributed by atoms with van der Waals surface area (Å²) in [5.41, 5.74) is 11.9. The number of carbonyl (C=O) groups is 2. The molecular formula is C20H21FN6O2. The summed E-state index contributed by atoms with van der Waals surface area (Å²) in [6, 6.07) is 9.49. The molecule has 0 saturated heterocycles. The van der Waals surface area contributed by atoms with Crippen LogP contribution in [-0.2, 0) is 4.79 Å². The van der Waals surface area contributed by atoms with Crippen molar-refractivity contribution in [2.45, 2.75) is 25.8 Å². The zero-order valence-electron chi connectivity index (χ0n) is 15.8. The third-order valence-corrected chi connectivity index (χ3v) is 4.33. The Kier molecular flexibility index (Phi) is 5.87. The molecule has 8 nitrogen and oxygen atoms in total. The number of hydrogen-bond donors (Lipinski definition) is 4. The van der Waals surface area contributed by atoms with Crippen LogP contribution in [0.25, 0.3) is 10.9 Å². The number of fused-ring (bicyclic) bond motifs is 1. The molecule has 0 fully saturated rings. The molecule has 0 saturated carbocycles. The van der Waals surface area contributed by atoms with Crippen molar-refractivity contribution in [2.75, 3.05) is 10.6 Å². The highest BCUT2D eigenvalue weighted by atomic mass is 19.1. The van der Waals surface area contributed by atoms with Crippen LogP contribution in [0, 0.1) is 5.82 Å². The van der Waals surface area contributed by atoms with Crippen molar-refractivity contribution in [2.24, 2.45) is 11.5 Å². The first-order chi connectivity index (χ1) is 13.9. The molecule has 3 rings (SSSR count). The summed E-state index contributed by atoms with van der Waals surface area (Å²) < 4.78 is 14.5. The van der Waals surface area contributed by atoms with Gasteiger partial charge < -0.3 is 22.1 Å². The van der Waals surface area contributed by atoms with Gasteiger partial charge in [0.1, 0.15) is 11.9 Å². The van der Waals surface area contributed by atoms with Crippen LogP contribution in [-0.4, -0.2) is 27.8 Å². The highest BCUT2D eigenvalue weighted by molar-refractivity contribution is 5.99. The van der Waals surface area contributed by atoms with E-state index in [1.54, 1.807) is 6.20 Å². The third-order valence-electron chi connectivity index (χ3n) is 4.33. The molecule has 2 heterocycles. The molecule has 0 bridgehead atoms. The molecule has 9 heteroatoms. The van der Waals surface area contributed by atoms with E-state index in [-0.39, 0.29) is 17.2 Å². The number of amides is 2. The van der Waals surface area contributed by atoms with Gasteiger partial charge >= 0.3 is 0 Å². The second-order valence-electron chi connectivity index (χ2n) is 6.51. The number of carbonyl (C=O) groups excluding carboxylic acids is 2. The van der Waals surface area contributed by atoms with Gasteiger partial charge in [-0.3, -0.25) is 14.6 Å². The van der Waals surface area contributed by atoms with Gasteiger partial charge in [0.05, 0.1) is 23.0 Å². The molecule has 1 atom stereocenters. The Balaban J connectivity index is 1.98. The number of nitrogens with one attached hydrogen (secondary N) is 2. The van der Waals surface area contributed by atoms with Gasteiger partial charge in [-0.1, -0.05) is 31.5 Å². The molecule has 0 unspecified atom stereocenters.